The van der Waals surface area contributed by atoms with Gasteiger partial charge in [-0.15, -0.1) is 6.58 Å². The van der Waals surface area contributed by atoms with Crippen molar-refractivity contribution in [2.75, 3.05) is 11.9 Å². The smallest absolute Gasteiger partial charge is 0.239 e. The molecule has 0 heterocycles. The van der Waals surface area contributed by atoms with Crippen LogP contribution in [0.25, 0.3) is 0 Å². The number of amides is 2. The van der Waals surface area contributed by atoms with Crippen LogP contribution in [-0.2, 0) is 15.0 Å². The first-order valence-electron chi connectivity index (χ1n) is 7.40. The summed E-state index contributed by atoms with van der Waals surface area (Å²) in [5.74, 6) is -0.659. The van der Waals surface area contributed by atoms with Crippen molar-refractivity contribution in [3.63, 3.8) is 0 Å². The predicted molar refractivity (Wildman–Crippen MR) is 90.8 cm³/mol. The minimum Gasteiger partial charge on any atom is -0.352 e. The summed E-state index contributed by atoms with van der Waals surface area (Å²) >= 11 is 0. The van der Waals surface area contributed by atoms with E-state index in [0.29, 0.717) is 12.2 Å². The van der Waals surface area contributed by atoms with Gasteiger partial charge in [-0.05, 0) is 37.0 Å². The van der Waals surface area contributed by atoms with Crippen molar-refractivity contribution in [3.05, 3.63) is 42.5 Å². The van der Waals surface area contributed by atoms with E-state index in [2.05, 4.69) is 38.0 Å². The number of hydrogen-bond acceptors (Lipinski definition) is 2. The maximum atomic E-state index is 12.3. The molecule has 0 aliphatic rings. The van der Waals surface area contributed by atoms with Crippen molar-refractivity contribution in [2.45, 2.75) is 40.0 Å². The molecule has 1 rings (SSSR count). The fourth-order valence-corrected chi connectivity index (χ4v) is 1.83. The maximum absolute atomic E-state index is 12.3. The normalized spacial score (nSPS) is 11.7. The van der Waals surface area contributed by atoms with Gasteiger partial charge in [-0.1, -0.05) is 39.0 Å². The molecule has 0 radical (unpaired) electrons. The van der Waals surface area contributed by atoms with Crippen LogP contribution in [0.2, 0.25) is 0 Å². The van der Waals surface area contributed by atoms with Gasteiger partial charge < -0.3 is 10.6 Å². The predicted octanol–water partition coefficient (Wildman–Crippen LogP) is 3.25. The van der Waals surface area contributed by atoms with Gasteiger partial charge in [0.15, 0.2) is 0 Å². The maximum Gasteiger partial charge on any atom is 0.239 e. The van der Waals surface area contributed by atoms with E-state index in [1.165, 1.54) is 5.56 Å². The number of benzene rings is 1. The quantitative estimate of drug-likeness (QED) is 0.648. The number of nitrogens with one attached hydrogen (secondary N) is 2. The monoisotopic (exact) mass is 302 g/mol. The molecule has 0 fully saturated rings. The number of hydrogen-bond donors (Lipinski definition) is 2. The molecule has 4 nitrogen and oxygen atoms in total. The van der Waals surface area contributed by atoms with E-state index < -0.39 is 5.41 Å². The minimum absolute atomic E-state index is 0.0619. The van der Waals surface area contributed by atoms with E-state index >= 15 is 0 Å². The van der Waals surface area contributed by atoms with Gasteiger partial charge in [0.25, 0.3) is 0 Å². The highest BCUT2D eigenvalue weighted by Crippen LogP contribution is 2.24. The molecular formula is C18H26N2O2. The molecule has 0 aromatic heterocycles. The number of rotatable bonds is 5. The van der Waals surface area contributed by atoms with Crippen molar-refractivity contribution in [2.24, 2.45) is 5.41 Å². The lowest BCUT2D eigenvalue weighted by atomic mass is 9.87. The lowest BCUT2D eigenvalue weighted by Gasteiger charge is -2.23. The topological polar surface area (TPSA) is 58.2 Å². The average Bonchev–Trinajstić information content (AvgIpc) is 2.44. The molecule has 0 bridgehead atoms. The molecule has 22 heavy (non-hydrogen) atoms. The molecule has 0 spiro atoms. The fourth-order valence-electron chi connectivity index (χ4n) is 1.83. The number of carbonyl (C=O) groups excluding carboxylic acids is 2. The molecule has 0 unspecified atom stereocenters. The lowest BCUT2D eigenvalue weighted by Crippen LogP contribution is -2.45. The van der Waals surface area contributed by atoms with Gasteiger partial charge >= 0.3 is 0 Å². The van der Waals surface area contributed by atoms with E-state index in [4.69, 9.17) is 0 Å². The lowest BCUT2D eigenvalue weighted by molar-refractivity contribution is -0.138. The van der Waals surface area contributed by atoms with Gasteiger partial charge in [-0.25, -0.2) is 0 Å². The Morgan fingerprint density at radius 3 is 2.05 bits per heavy atom. The molecule has 1 aromatic carbocycles. The summed E-state index contributed by atoms with van der Waals surface area (Å²) in [6.45, 7) is 13.5. The largest absolute Gasteiger partial charge is 0.352 e. The summed E-state index contributed by atoms with van der Waals surface area (Å²) in [6.07, 6.45) is 1.58. The SMILES string of the molecule is C=CCNC(=O)C(C)(C)C(=O)Nc1ccc(C(C)(C)C)cc1. The highest BCUT2D eigenvalue weighted by atomic mass is 16.2. The first-order chi connectivity index (χ1) is 10.1. The second kappa shape index (κ2) is 6.77. The van der Waals surface area contributed by atoms with Gasteiger partial charge in [-0.2, -0.15) is 0 Å². The summed E-state index contributed by atoms with van der Waals surface area (Å²) < 4.78 is 0. The van der Waals surface area contributed by atoms with Crippen molar-refractivity contribution in [1.82, 2.24) is 5.32 Å². The molecule has 0 aliphatic carbocycles. The van der Waals surface area contributed by atoms with Crippen molar-refractivity contribution in [1.29, 1.82) is 0 Å². The Morgan fingerprint density at radius 2 is 1.59 bits per heavy atom. The Bertz CT molecular complexity index is 551. The van der Waals surface area contributed by atoms with Crippen LogP contribution in [0.5, 0.6) is 0 Å². The highest BCUT2D eigenvalue weighted by Gasteiger charge is 2.35. The Morgan fingerprint density at radius 1 is 1.05 bits per heavy atom. The first-order valence-corrected chi connectivity index (χ1v) is 7.40. The molecule has 1 aromatic rings. The molecule has 120 valence electrons. The molecule has 4 heteroatoms. The van der Waals surface area contributed by atoms with Gasteiger partial charge in [0, 0.05) is 12.2 Å². The third-order valence-electron chi connectivity index (χ3n) is 3.55. The molecule has 0 saturated heterocycles. The van der Waals surface area contributed by atoms with Crippen molar-refractivity contribution in [3.8, 4) is 0 Å². The summed E-state index contributed by atoms with van der Waals surface area (Å²) in [4.78, 5) is 24.3. The van der Waals surface area contributed by atoms with E-state index in [1.807, 2.05) is 24.3 Å². The Kier molecular flexibility index (Phi) is 5.53. The van der Waals surface area contributed by atoms with E-state index in [1.54, 1.807) is 19.9 Å². The zero-order chi connectivity index (χ0) is 17.0. The van der Waals surface area contributed by atoms with E-state index in [-0.39, 0.29) is 17.2 Å². The van der Waals surface area contributed by atoms with Gasteiger partial charge in [0.05, 0.1) is 0 Å². The standard InChI is InChI=1S/C18H26N2O2/c1-7-12-19-15(21)18(5,6)16(22)20-14-10-8-13(9-11-14)17(2,3)4/h7-11H,1,12H2,2-6H3,(H,19,21)(H,20,22). The summed E-state index contributed by atoms with van der Waals surface area (Å²) in [5.41, 5.74) is 0.786. The van der Waals surface area contributed by atoms with Crippen LogP contribution in [0, 0.1) is 5.41 Å². The molecule has 2 amide bonds. The molecule has 0 saturated carbocycles. The summed E-state index contributed by atoms with van der Waals surface area (Å²) in [6, 6.07) is 7.69. The van der Waals surface area contributed by atoms with Crippen molar-refractivity contribution >= 4 is 17.5 Å². The van der Waals surface area contributed by atoms with Crippen LogP contribution < -0.4 is 10.6 Å². The molecule has 2 N–H and O–H groups in total. The van der Waals surface area contributed by atoms with Gasteiger partial charge in [0.2, 0.25) is 11.8 Å². The molecule has 0 atom stereocenters. The Hall–Kier alpha value is -2.10. The minimum atomic E-state index is -1.15. The summed E-state index contributed by atoms with van der Waals surface area (Å²) in [5, 5.41) is 5.44. The number of anilines is 1. The van der Waals surface area contributed by atoms with Gasteiger partial charge in [0.1, 0.15) is 5.41 Å². The van der Waals surface area contributed by atoms with Crippen LogP contribution >= 0.6 is 0 Å². The average molecular weight is 302 g/mol. The molecular weight excluding hydrogens is 276 g/mol. The second-order valence-electron chi connectivity index (χ2n) is 6.91. The zero-order valence-corrected chi connectivity index (χ0v) is 14.1. The van der Waals surface area contributed by atoms with Gasteiger partial charge in [-0.3, -0.25) is 9.59 Å². The zero-order valence-electron chi connectivity index (χ0n) is 14.1. The van der Waals surface area contributed by atoms with Crippen LogP contribution in [0.3, 0.4) is 0 Å². The third-order valence-corrected chi connectivity index (χ3v) is 3.55. The van der Waals surface area contributed by atoms with Crippen LogP contribution in [0.4, 0.5) is 5.69 Å². The van der Waals surface area contributed by atoms with Crippen LogP contribution in [0.15, 0.2) is 36.9 Å². The second-order valence-corrected chi connectivity index (χ2v) is 6.91. The highest BCUT2D eigenvalue weighted by molar-refractivity contribution is 6.09. The molecule has 0 aliphatic heterocycles. The first kappa shape index (κ1) is 18.0. The van der Waals surface area contributed by atoms with Crippen LogP contribution in [0.1, 0.15) is 40.2 Å². The Balaban J connectivity index is 2.79. The van der Waals surface area contributed by atoms with E-state index in [0.717, 1.165) is 0 Å². The third kappa shape index (κ3) is 4.45. The van der Waals surface area contributed by atoms with E-state index in [9.17, 15) is 9.59 Å². The number of carbonyl (C=O) groups is 2. The fraction of sp³-hybridized carbons (Fsp3) is 0.444. The summed E-state index contributed by atoms with van der Waals surface area (Å²) in [7, 11) is 0. The van der Waals surface area contributed by atoms with Crippen LogP contribution in [-0.4, -0.2) is 18.4 Å². The van der Waals surface area contributed by atoms with Crippen molar-refractivity contribution < 1.29 is 9.59 Å². The Labute approximate surface area is 133 Å².